The Morgan fingerprint density at radius 1 is 1.05 bits per heavy atom. The molecule has 1 atom stereocenters. The van der Waals surface area contributed by atoms with E-state index in [1.165, 1.54) is 22.3 Å². The molecule has 106 valence electrons. The van der Waals surface area contributed by atoms with Crippen LogP contribution in [0.5, 0.6) is 0 Å². The van der Waals surface area contributed by atoms with Gasteiger partial charge >= 0.3 is 0 Å². The highest BCUT2D eigenvalue weighted by Gasteiger charge is 2.24. The summed E-state index contributed by atoms with van der Waals surface area (Å²) in [5.41, 5.74) is 6.25. The fraction of sp³-hybridized carbons (Fsp3) is 0.278. The van der Waals surface area contributed by atoms with Crippen molar-refractivity contribution in [2.45, 2.75) is 32.2 Å². The van der Waals surface area contributed by atoms with Crippen molar-refractivity contribution in [3.8, 4) is 17.2 Å². The normalized spacial score (nSPS) is 14.2. The second kappa shape index (κ2) is 5.14. The fourth-order valence-electron chi connectivity index (χ4n) is 2.85. The van der Waals surface area contributed by atoms with Crippen molar-refractivity contribution in [1.29, 1.82) is 5.26 Å². The number of hydrogen-bond acceptors (Lipinski definition) is 2. The topological polar surface area (TPSA) is 33.0 Å². The van der Waals surface area contributed by atoms with Gasteiger partial charge in [0, 0.05) is 0 Å². The van der Waals surface area contributed by atoms with Crippen LogP contribution in [0.15, 0.2) is 42.5 Å². The lowest BCUT2D eigenvalue weighted by Crippen LogP contribution is -2.27. The highest BCUT2D eigenvalue weighted by molar-refractivity contribution is 6.69. The largest absolute Gasteiger partial charge is 0.399 e. The predicted molar refractivity (Wildman–Crippen MR) is 87.5 cm³/mol. The van der Waals surface area contributed by atoms with Crippen LogP contribution in [0.2, 0.25) is 19.6 Å². The molecule has 0 heterocycles. The van der Waals surface area contributed by atoms with Crippen LogP contribution in [0.3, 0.4) is 0 Å². The standard InChI is InChI=1S/C18H19NOSi/c1-21(2,3)20-18(12-19)14-8-9-17-15(11-14)10-13-6-4-5-7-16(13)17/h4-9,11,18H,10H2,1-3H3/t18-/m1/s1. The molecule has 0 saturated heterocycles. The molecule has 0 radical (unpaired) electrons. The Morgan fingerprint density at radius 2 is 1.76 bits per heavy atom. The van der Waals surface area contributed by atoms with Crippen molar-refractivity contribution in [1.82, 2.24) is 0 Å². The number of benzene rings is 2. The van der Waals surface area contributed by atoms with Gasteiger partial charge in [0.1, 0.15) is 0 Å². The number of rotatable bonds is 3. The summed E-state index contributed by atoms with van der Waals surface area (Å²) in [6.45, 7) is 6.33. The van der Waals surface area contributed by atoms with Gasteiger partial charge in [0.15, 0.2) is 14.4 Å². The Balaban J connectivity index is 1.95. The molecule has 0 fully saturated rings. The number of fused-ring (bicyclic) bond motifs is 3. The minimum Gasteiger partial charge on any atom is -0.399 e. The Kier molecular flexibility index (Phi) is 3.44. The molecule has 21 heavy (non-hydrogen) atoms. The van der Waals surface area contributed by atoms with E-state index in [4.69, 9.17) is 4.43 Å². The van der Waals surface area contributed by atoms with Gasteiger partial charge in [0.25, 0.3) is 0 Å². The average molecular weight is 293 g/mol. The number of nitriles is 1. The van der Waals surface area contributed by atoms with Crippen molar-refractivity contribution in [3.63, 3.8) is 0 Å². The molecule has 1 aliphatic carbocycles. The summed E-state index contributed by atoms with van der Waals surface area (Å²) in [6.07, 6.45) is 0.496. The summed E-state index contributed by atoms with van der Waals surface area (Å²) in [6, 6.07) is 17.1. The van der Waals surface area contributed by atoms with E-state index in [1.807, 2.05) is 6.07 Å². The van der Waals surface area contributed by atoms with Crippen LogP contribution < -0.4 is 0 Å². The van der Waals surface area contributed by atoms with Crippen LogP contribution in [-0.2, 0) is 10.8 Å². The third-order valence-electron chi connectivity index (χ3n) is 3.71. The Morgan fingerprint density at radius 3 is 2.48 bits per heavy atom. The van der Waals surface area contributed by atoms with E-state index in [0.717, 1.165) is 12.0 Å². The van der Waals surface area contributed by atoms with Crippen LogP contribution in [0.1, 0.15) is 22.8 Å². The minimum absolute atomic E-state index is 0.453. The summed E-state index contributed by atoms with van der Waals surface area (Å²) in [5, 5.41) is 9.41. The molecule has 2 nitrogen and oxygen atoms in total. The lowest BCUT2D eigenvalue weighted by molar-refractivity contribution is 0.255. The number of hydrogen-bond donors (Lipinski definition) is 0. The van der Waals surface area contributed by atoms with E-state index >= 15 is 0 Å². The highest BCUT2D eigenvalue weighted by atomic mass is 28.4. The minimum atomic E-state index is -1.74. The van der Waals surface area contributed by atoms with Crippen LogP contribution in [0, 0.1) is 11.3 Å². The Bertz CT molecular complexity index is 725. The molecule has 2 aromatic rings. The lowest BCUT2D eigenvalue weighted by Gasteiger charge is -2.22. The second-order valence-electron chi connectivity index (χ2n) is 6.49. The summed E-state index contributed by atoms with van der Waals surface area (Å²) in [5.74, 6) is 0. The molecule has 0 amide bonds. The first-order valence-electron chi connectivity index (χ1n) is 7.26. The van der Waals surface area contributed by atoms with Crippen LogP contribution >= 0.6 is 0 Å². The summed E-state index contributed by atoms with van der Waals surface area (Å²) in [4.78, 5) is 0. The third-order valence-corrected chi connectivity index (χ3v) is 4.65. The quantitative estimate of drug-likeness (QED) is 0.657. The van der Waals surface area contributed by atoms with E-state index in [2.05, 4.69) is 62.1 Å². The van der Waals surface area contributed by atoms with Crippen molar-refractivity contribution < 1.29 is 4.43 Å². The van der Waals surface area contributed by atoms with Crippen molar-refractivity contribution in [2.75, 3.05) is 0 Å². The van der Waals surface area contributed by atoms with E-state index in [9.17, 15) is 5.26 Å². The zero-order valence-corrected chi connectivity index (χ0v) is 13.7. The van der Waals surface area contributed by atoms with Gasteiger partial charge in [-0.1, -0.05) is 42.5 Å². The third kappa shape index (κ3) is 2.78. The molecule has 0 aliphatic heterocycles. The smallest absolute Gasteiger partial charge is 0.186 e. The zero-order chi connectivity index (χ0) is 15.0. The van der Waals surface area contributed by atoms with Crippen LogP contribution in [0.25, 0.3) is 11.1 Å². The van der Waals surface area contributed by atoms with Gasteiger partial charge in [-0.15, -0.1) is 0 Å². The van der Waals surface area contributed by atoms with Gasteiger partial charge in [-0.05, 0) is 53.9 Å². The first-order valence-corrected chi connectivity index (χ1v) is 10.7. The van der Waals surface area contributed by atoms with Crippen LogP contribution in [0.4, 0.5) is 0 Å². The van der Waals surface area contributed by atoms with Crippen molar-refractivity contribution >= 4 is 8.32 Å². The molecule has 0 aromatic heterocycles. The molecule has 0 spiro atoms. The summed E-state index contributed by atoms with van der Waals surface area (Å²) >= 11 is 0. The van der Waals surface area contributed by atoms with Gasteiger partial charge in [0.05, 0.1) is 6.07 Å². The SMILES string of the molecule is C[Si](C)(C)O[C@H](C#N)c1ccc2c(c1)Cc1ccccc1-2. The molecule has 0 N–H and O–H groups in total. The van der Waals surface area contributed by atoms with E-state index in [-0.39, 0.29) is 0 Å². The zero-order valence-electron chi connectivity index (χ0n) is 12.7. The van der Waals surface area contributed by atoms with Gasteiger partial charge in [-0.2, -0.15) is 5.26 Å². The lowest BCUT2D eigenvalue weighted by atomic mass is 10.0. The molecular formula is C18H19NOSi. The molecule has 3 rings (SSSR count). The van der Waals surface area contributed by atoms with E-state index in [1.54, 1.807) is 0 Å². The van der Waals surface area contributed by atoms with Gasteiger partial charge in [-0.25, -0.2) is 0 Å². The number of nitrogens with zero attached hydrogens (tertiary/aromatic N) is 1. The molecular weight excluding hydrogens is 274 g/mol. The van der Waals surface area contributed by atoms with Gasteiger partial charge in [-0.3, -0.25) is 0 Å². The Hall–Kier alpha value is -1.89. The van der Waals surface area contributed by atoms with Crippen molar-refractivity contribution in [3.05, 3.63) is 59.2 Å². The second-order valence-corrected chi connectivity index (χ2v) is 11.0. The average Bonchev–Trinajstić information content (AvgIpc) is 2.81. The molecule has 0 bridgehead atoms. The van der Waals surface area contributed by atoms with Gasteiger partial charge < -0.3 is 4.43 Å². The van der Waals surface area contributed by atoms with Crippen molar-refractivity contribution in [2.24, 2.45) is 0 Å². The summed E-state index contributed by atoms with van der Waals surface area (Å²) in [7, 11) is -1.74. The Labute approximate surface area is 127 Å². The molecule has 1 aliphatic rings. The molecule has 2 aromatic carbocycles. The maximum atomic E-state index is 9.41. The van der Waals surface area contributed by atoms with Gasteiger partial charge in [0.2, 0.25) is 0 Å². The maximum Gasteiger partial charge on any atom is 0.186 e. The fourth-order valence-corrected chi connectivity index (χ4v) is 3.75. The van der Waals surface area contributed by atoms with E-state index in [0.29, 0.717) is 0 Å². The first kappa shape index (κ1) is 14.1. The molecule has 0 saturated carbocycles. The molecule has 0 unspecified atom stereocenters. The first-order chi connectivity index (χ1) is 9.98. The van der Waals surface area contributed by atoms with Crippen LogP contribution in [-0.4, -0.2) is 8.32 Å². The highest BCUT2D eigenvalue weighted by Crippen LogP contribution is 2.38. The molecule has 3 heteroatoms. The maximum absolute atomic E-state index is 9.41. The predicted octanol–water partition coefficient (Wildman–Crippen LogP) is 4.67. The monoisotopic (exact) mass is 293 g/mol. The summed E-state index contributed by atoms with van der Waals surface area (Å²) < 4.78 is 5.99. The van der Waals surface area contributed by atoms with E-state index < -0.39 is 14.4 Å².